The lowest BCUT2D eigenvalue weighted by atomic mass is 10.1. The molecule has 5 nitrogen and oxygen atoms in total. The van der Waals surface area contributed by atoms with Crippen molar-refractivity contribution in [2.45, 2.75) is 30.5 Å². The van der Waals surface area contributed by atoms with Gasteiger partial charge in [-0.3, -0.25) is 0 Å². The molecule has 1 aromatic carbocycles. The lowest BCUT2D eigenvalue weighted by Gasteiger charge is -2.08. The third kappa shape index (κ3) is 2.53. The Morgan fingerprint density at radius 3 is 2.45 bits per heavy atom. The Morgan fingerprint density at radius 2 is 1.90 bits per heavy atom. The summed E-state index contributed by atoms with van der Waals surface area (Å²) in [4.78, 5) is 0.0963. The Hall–Kier alpha value is -1.18. The Kier molecular flexibility index (Phi) is 3.79. The van der Waals surface area contributed by atoms with Crippen molar-refractivity contribution < 1.29 is 16.8 Å². The highest BCUT2D eigenvalue weighted by Crippen LogP contribution is 2.34. The summed E-state index contributed by atoms with van der Waals surface area (Å²) in [7, 11) is -7.16. The highest BCUT2D eigenvalue weighted by Gasteiger charge is 2.33. The fourth-order valence-electron chi connectivity index (χ4n) is 1.96. The van der Waals surface area contributed by atoms with Crippen LogP contribution in [0.5, 0.6) is 0 Å². The minimum atomic E-state index is -3.70. The van der Waals surface area contributed by atoms with Crippen molar-refractivity contribution in [3.63, 3.8) is 0 Å². The van der Waals surface area contributed by atoms with Crippen LogP contribution in [0.15, 0.2) is 28.0 Å². The van der Waals surface area contributed by atoms with Crippen molar-refractivity contribution in [3.8, 4) is 0 Å². The van der Waals surface area contributed by atoms with Crippen LogP contribution in [0.2, 0.25) is 0 Å². The molecule has 0 spiro atoms. The second-order valence-electron chi connectivity index (χ2n) is 5.05. The van der Waals surface area contributed by atoms with Crippen LogP contribution in [0, 0.1) is 0 Å². The molecule has 1 aromatic rings. The molecule has 1 aliphatic rings. The van der Waals surface area contributed by atoms with Gasteiger partial charge in [-0.1, -0.05) is 6.07 Å². The summed E-state index contributed by atoms with van der Waals surface area (Å²) >= 11 is 0. The van der Waals surface area contributed by atoms with E-state index in [1.807, 2.05) is 0 Å². The highest BCUT2D eigenvalue weighted by atomic mass is 32.2. The standard InChI is InChI=1S/C13H17NO4S2/c1-9(2)19(15,16)8-12-6-11-5-10(7-14)3-4-13(11)20(12,17)18/h3-6,9H,7-8,14H2,1-2H3. The smallest absolute Gasteiger partial charge is 0.204 e. The summed E-state index contributed by atoms with van der Waals surface area (Å²) in [6.07, 6.45) is 1.43. The van der Waals surface area contributed by atoms with Crippen molar-refractivity contribution in [2.75, 3.05) is 5.75 Å². The topological polar surface area (TPSA) is 94.3 Å². The molecular weight excluding hydrogens is 298 g/mol. The zero-order valence-corrected chi connectivity index (χ0v) is 13.0. The number of rotatable bonds is 4. The average molecular weight is 315 g/mol. The van der Waals surface area contributed by atoms with E-state index in [9.17, 15) is 16.8 Å². The Labute approximate surface area is 119 Å². The maximum atomic E-state index is 12.3. The number of hydrogen-bond acceptors (Lipinski definition) is 5. The van der Waals surface area contributed by atoms with E-state index in [4.69, 9.17) is 5.73 Å². The van der Waals surface area contributed by atoms with Gasteiger partial charge in [-0.15, -0.1) is 0 Å². The summed E-state index contributed by atoms with van der Waals surface area (Å²) in [5.74, 6) is -0.459. The summed E-state index contributed by atoms with van der Waals surface area (Å²) < 4.78 is 48.5. The van der Waals surface area contributed by atoms with Crippen LogP contribution in [0.3, 0.4) is 0 Å². The maximum absolute atomic E-state index is 12.3. The number of fused-ring (bicyclic) bond motifs is 1. The lowest BCUT2D eigenvalue weighted by molar-refractivity contribution is 0.587. The van der Waals surface area contributed by atoms with Gasteiger partial charge in [-0.2, -0.15) is 0 Å². The predicted molar refractivity (Wildman–Crippen MR) is 78.4 cm³/mol. The molecule has 7 heteroatoms. The summed E-state index contributed by atoms with van der Waals surface area (Å²) in [5, 5.41) is -0.609. The molecule has 1 heterocycles. The normalized spacial score (nSPS) is 17.1. The summed E-state index contributed by atoms with van der Waals surface area (Å²) in [6, 6.07) is 4.81. The molecule has 0 radical (unpaired) electrons. The fourth-order valence-corrected chi connectivity index (χ4v) is 5.13. The van der Waals surface area contributed by atoms with E-state index in [2.05, 4.69) is 0 Å². The molecule has 0 saturated carbocycles. The second-order valence-corrected chi connectivity index (χ2v) is 9.57. The summed E-state index contributed by atoms with van der Waals surface area (Å²) in [5.41, 5.74) is 6.85. The monoisotopic (exact) mass is 315 g/mol. The molecule has 20 heavy (non-hydrogen) atoms. The van der Waals surface area contributed by atoms with Crippen molar-refractivity contribution in [3.05, 3.63) is 34.2 Å². The van der Waals surface area contributed by atoms with E-state index in [1.54, 1.807) is 12.1 Å². The fraction of sp³-hybridized carbons (Fsp3) is 0.385. The zero-order valence-electron chi connectivity index (χ0n) is 11.3. The highest BCUT2D eigenvalue weighted by molar-refractivity contribution is 7.98. The van der Waals surface area contributed by atoms with Crippen molar-refractivity contribution in [1.29, 1.82) is 0 Å². The quantitative estimate of drug-likeness (QED) is 0.897. The van der Waals surface area contributed by atoms with E-state index >= 15 is 0 Å². The van der Waals surface area contributed by atoms with Gasteiger partial charge in [0.1, 0.15) is 0 Å². The first kappa shape index (κ1) is 15.2. The molecule has 0 bridgehead atoms. The van der Waals surface area contributed by atoms with Crippen LogP contribution in [0.1, 0.15) is 25.0 Å². The van der Waals surface area contributed by atoms with E-state index in [0.29, 0.717) is 12.1 Å². The van der Waals surface area contributed by atoms with Gasteiger partial charge in [-0.25, -0.2) is 16.8 Å². The van der Waals surface area contributed by atoms with Gasteiger partial charge in [0.05, 0.1) is 20.8 Å². The van der Waals surface area contributed by atoms with Gasteiger partial charge in [0.25, 0.3) is 0 Å². The zero-order chi connectivity index (χ0) is 15.1. The molecule has 1 aliphatic heterocycles. The first-order chi connectivity index (χ1) is 9.18. The Bertz CT molecular complexity index is 775. The molecule has 0 unspecified atom stereocenters. The SMILES string of the molecule is CC(C)S(=O)(=O)CC1=Cc2cc(CN)ccc2S1(=O)=O. The Morgan fingerprint density at radius 1 is 1.25 bits per heavy atom. The maximum Gasteiger partial charge on any atom is 0.204 e. The largest absolute Gasteiger partial charge is 0.326 e. The second kappa shape index (κ2) is 4.98. The number of sulfone groups is 2. The predicted octanol–water partition coefficient (Wildman–Crippen LogP) is 1.10. The third-order valence-corrected chi connectivity index (χ3v) is 7.56. The van der Waals surface area contributed by atoms with Crippen LogP contribution in [0.25, 0.3) is 6.08 Å². The minimum absolute atomic E-state index is 0.0598. The number of benzene rings is 1. The molecule has 0 aliphatic carbocycles. The van der Waals surface area contributed by atoms with Crippen LogP contribution < -0.4 is 5.73 Å². The van der Waals surface area contributed by atoms with E-state index < -0.39 is 30.7 Å². The summed E-state index contributed by atoms with van der Waals surface area (Å²) in [6.45, 7) is 3.38. The van der Waals surface area contributed by atoms with Crippen LogP contribution in [-0.4, -0.2) is 27.8 Å². The molecule has 0 saturated heterocycles. The first-order valence-electron chi connectivity index (χ1n) is 6.18. The van der Waals surface area contributed by atoms with Gasteiger partial charge in [0.2, 0.25) is 9.84 Å². The minimum Gasteiger partial charge on any atom is -0.326 e. The van der Waals surface area contributed by atoms with E-state index in [-0.39, 0.29) is 9.80 Å². The van der Waals surface area contributed by atoms with Gasteiger partial charge in [0, 0.05) is 6.54 Å². The molecule has 2 rings (SSSR count). The van der Waals surface area contributed by atoms with Gasteiger partial charge >= 0.3 is 0 Å². The molecule has 0 fully saturated rings. The first-order valence-corrected chi connectivity index (χ1v) is 9.38. The molecule has 0 amide bonds. The number of hydrogen-bond donors (Lipinski definition) is 1. The van der Waals surface area contributed by atoms with Crippen LogP contribution in [0.4, 0.5) is 0 Å². The van der Waals surface area contributed by atoms with Gasteiger partial charge < -0.3 is 5.73 Å². The average Bonchev–Trinajstić information content (AvgIpc) is 2.60. The van der Waals surface area contributed by atoms with Crippen molar-refractivity contribution in [2.24, 2.45) is 5.73 Å². The van der Waals surface area contributed by atoms with E-state index in [1.165, 1.54) is 26.0 Å². The van der Waals surface area contributed by atoms with Gasteiger partial charge in [-0.05, 0) is 43.2 Å². The molecular formula is C13H17NO4S2. The Balaban J connectivity index is 2.48. The molecule has 110 valence electrons. The van der Waals surface area contributed by atoms with Crippen LogP contribution >= 0.6 is 0 Å². The molecule has 2 N–H and O–H groups in total. The molecule has 0 aromatic heterocycles. The number of nitrogens with two attached hydrogens (primary N) is 1. The van der Waals surface area contributed by atoms with E-state index in [0.717, 1.165) is 5.56 Å². The van der Waals surface area contributed by atoms with Gasteiger partial charge in [0.15, 0.2) is 9.84 Å². The molecule has 0 atom stereocenters. The van der Waals surface area contributed by atoms with Crippen molar-refractivity contribution >= 4 is 25.8 Å². The lowest BCUT2D eigenvalue weighted by Crippen LogP contribution is -2.21. The van der Waals surface area contributed by atoms with Crippen LogP contribution in [-0.2, 0) is 26.2 Å². The third-order valence-electron chi connectivity index (χ3n) is 3.32. The van der Waals surface area contributed by atoms with Crippen molar-refractivity contribution in [1.82, 2.24) is 0 Å².